The fourth-order valence-electron chi connectivity index (χ4n) is 3.39. The molecule has 0 atom stereocenters. The van der Waals surface area contributed by atoms with E-state index >= 15 is 0 Å². The summed E-state index contributed by atoms with van der Waals surface area (Å²) in [6.45, 7) is 6.87. The molecule has 1 aliphatic carbocycles. The van der Waals surface area contributed by atoms with Crippen molar-refractivity contribution < 1.29 is 14.4 Å². The zero-order chi connectivity index (χ0) is 22.2. The Morgan fingerprint density at radius 2 is 1.94 bits per heavy atom. The minimum atomic E-state index is -0.250. The molecule has 1 saturated carbocycles. The van der Waals surface area contributed by atoms with Gasteiger partial charge in [-0.1, -0.05) is 37.6 Å². The second-order valence-corrected chi connectivity index (χ2v) is 8.13. The van der Waals surface area contributed by atoms with Gasteiger partial charge in [0.25, 0.3) is 12.4 Å². The van der Waals surface area contributed by atoms with Crippen LogP contribution in [0, 0.1) is 12.8 Å². The summed E-state index contributed by atoms with van der Waals surface area (Å²) < 4.78 is 5.47. The first-order valence-corrected chi connectivity index (χ1v) is 10.6. The van der Waals surface area contributed by atoms with Gasteiger partial charge in [-0.2, -0.15) is 4.98 Å². The molecule has 4 rings (SSSR count). The van der Waals surface area contributed by atoms with Crippen molar-refractivity contribution in [3.63, 3.8) is 0 Å². The lowest BCUT2D eigenvalue weighted by Crippen LogP contribution is -2.34. The van der Waals surface area contributed by atoms with Gasteiger partial charge < -0.3 is 14.9 Å². The quantitative estimate of drug-likeness (QED) is 0.547. The Balaban J connectivity index is 0.000000858. The molecule has 2 heterocycles. The van der Waals surface area contributed by atoms with Crippen LogP contribution in [0.1, 0.15) is 50.1 Å². The fourth-order valence-corrected chi connectivity index (χ4v) is 3.39. The van der Waals surface area contributed by atoms with E-state index in [2.05, 4.69) is 51.4 Å². The summed E-state index contributed by atoms with van der Waals surface area (Å²) in [5.41, 5.74) is 4.65. The number of benzene rings is 1. The topological polar surface area (TPSA) is 114 Å². The van der Waals surface area contributed by atoms with Crippen LogP contribution in [0.5, 0.6) is 0 Å². The molecule has 2 aromatic heterocycles. The van der Waals surface area contributed by atoms with E-state index in [0.29, 0.717) is 29.4 Å². The van der Waals surface area contributed by atoms with Crippen LogP contribution in [-0.2, 0) is 17.8 Å². The van der Waals surface area contributed by atoms with Crippen molar-refractivity contribution in [2.75, 3.05) is 0 Å². The number of nitrogens with one attached hydrogen (secondary N) is 1. The first kappa shape index (κ1) is 22.6. The Morgan fingerprint density at radius 3 is 2.52 bits per heavy atom. The predicted octanol–water partition coefficient (Wildman–Crippen LogP) is 4.04. The number of carboxylic acid groups (broad SMARTS) is 1. The number of aromatic nitrogens is 4. The molecule has 0 radical (unpaired) electrons. The van der Waals surface area contributed by atoms with Crippen LogP contribution in [0.2, 0.25) is 0 Å². The normalized spacial score (nSPS) is 13.4. The molecule has 8 nitrogen and oxygen atoms in total. The van der Waals surface area contributed by atoms with Crippen LogP contribution < -0.4 is 5.32 Å². The van der Waals surface area contributed by atoms with Crippen LogP contribution in [0.15, 0.2) is 35.0 Å². The molecule has 8 heteroatoms. The number of hydrogen-bond acceptors (Lipinski definition) is 7. The second-order valence-electron chi connectivity index (χ2n) is 8.13. The third kappa shape index (κ3) is 6.18. The summed E-state index contributed by atoms with van der Waals surface area (Å²) in [5, 5.41) is 14.5. The van der Waals surface area contributed by atoms with Gasteiger partial charge in [-0.05, 0) is 49.8 Å². The Kier molecular flexibility index (Phi) is 7.83. The first-order valence-electron chi connectivity index (χ1n) is 10.6. The molecule has 0 saturated heterocycles. The van der Waals surface area contributed by atoms with E-state index in [1.165, 1.54) is 24.8 Å². The van der Waals surface area contributed by atoms with Gasteiger partial charge >= 0.3 is 0 Å². The van der Waals surface area contributed by atoms with Crippen LogP contribution in [-0.4, -0.2) is 37.7 Å². The van der Waals surface area contributed by atoms with Crippen molar-refractivity contribution in [3.05, 3.63) is 47.4 Å². The number of aryl methyl sites for hydroxylation is 1. The first-order chi connectivity index (χ1) is 15.0. The van der Waals surface area contributed by atoms with Gasteiger partial charge in [0.1, 0.15) is 5.69 Å². The highest BCUT2D eigenvalue weighted by atomic mass is 16.5. The fraction of sp³-hybridized carbons (Fsp3) is 0.435. The maximum atomic E-state index is 8.36. The van der Waals surface area contributed by atoms with Gasteiger partial charge in [0.05, 0.1) is 17.6 Å². The van der Waals surface area contributed by atoms with Gasteiger partial charge in [0.15, 0.2) is 0 Å². The average Bonchev–Trinajstić information content (AvgIpc) is 3.17. The number of rotatable bonds is 7. The highest BCUT2D eigenvalue weighted by Crippen LogP contribution is 2.24. The molecule has 31 heavy (non-hydrogen) atoms. The maximum Gasteiger partial charge on any atom is 0.290 e. The summed E-state index contributed by atoms with van der Waals surface area (Å²) in [6.07, 6.45) is 6.70. The third-order valence-electron chi connectivity index (χ3n) is 5.16. The lowest BCUT2D eigenvalue weighted by Gasteiger charge is -2.26. The smallest absolute Gasteiger partial charge is 0.290 e. The molecule has 0 spiro atoms. The van der Waals surface area contributed by atoms with E-state index < -0.39 is 0 Å². The Labute approximate surface area is 182 Å². The average molecular weight is 424 g/mol. The number of nitrogens with zero attached hydrogens (tertiary/aromatic N) is 4. The summed E-state index contributed by atoms with van der Waals surface area (Å²) in [4.78, 5) is 22.1. The Bertz CT molecular complexity index is 981. The van der Waals surface area contributed by atoms with Gasteiger partial charge in [0.2, 0.25) is 5.82 Å². The zero-order valence-corrected chi connectivity index (χ0v) is 18.2. The molecule has 0 amide bonds. The summed E-state index contributed by atoms with van der Waals surface area (Å²) in [6, 6.07) is 8.93. The van der Waals surface area contributed by atoms with Gasteiger partial charge in [-0.25, -0.2) is 4.98 Å². The highest BCUT2D eigenvalue weighted by Gasteiger charge is 2.18. The van der Waals surface area contributed by atoms with Gasteiger partial charge in [-0.15, -0.1) is 0 Å². The van der Waals surface area contributed by atoms with Crippen LogP contribution >= 0.6 is 0 Å². The van der Waals surface area contributed by atoms with E-state index in [1.807, 2.05) is 19.1 Å². The van der Waals surface area contributed by atoms with Crippen LogP contribution in [0.25, 0.3) is 23.0 Å². The summed E-state index contributed by atoms with van der Waals surface area (Å²) >= 11 is 0. The lowest BCUT2D eigenvalue weighted by molar-refractivity contribution is -0.122. The van der Waals surface area contributed by atoms with E-state index in [0.717, 1.165) is 29.9 Å². The molecule has 1 aliphatic rings. The maximum absolute atomic E-state index is 8.36. The van der Waals surface area contributed by atoms with Crippen molar-refractivity contribution in [1.29, 1.82) is 0 Å². The van der Waals surface area contributed by atoms with Crippen LogP contribution in [0.4, 0.5) is 0 Å². The summed E-state index contributed by atoms with van der Waals surface area (Å²) in [5.74, 6) is 1.61. The monoisotopic (exact) mass is 423 g/mol. The van der Waals surface area contributed by atoms with E-state index in [4.69, 9.17) is 14.4 Å². The minimum absolute atomic E-state index is 0.250. The molecule has 1 aromatic carbocycles. The van der Waals surface area contributed by atoms with Gasteiger partial charge in [0, 0.05) is 18.2 Å². The van der Waals surface area contributed by atoms with Crippen LogP contribution in [0.3, 0.4) is 0 Å². The molecule has 1 fully saturated rings. The molecule has 3 aromatic rings. The highest BCUT2D eigenvalue weighted by molar-refractivity contribution is 5.58. The Morgan fingerprint density at radius 1 is 1.23 bits per heavy atom. The number of hydrogen-bond donors (Lipinski definition) is 2. The summed E-state index contributed by atoms with van der Waals surface area (Å²) in [7, 11) is 0. The second kappa shape index (κ2) is 10.8. The number of carbonyl (C=O) groups is 1. The lowest BCUT2D eigenvalue weighted by atomic mass is 9.93. The largest absolute Gasteiger partial charge is 0.483 e. The molecular formula is C23H29N5O3. The van der Waals surface area contributed by atoms with Crippen molar-refractivity contribution in [1.82, 2.24) is 25.4 Å². The van der Waals surface area contributed by atoms with Crippen molar-refractivity contribution in [2.45, 2.75) is 59.0 Å². The standard InChI is InChI=1S/C22H27N5O.CH2O2/c1-14(2)11-16-7-9-17(10-8-16)22-26-21(27-28-22)20-15(3)25-19(13-24-20)12-23-18-5-4-6-18;2-1-3/h7-10,13-14,18,23H,4-6,11-12H2,1-3H3;1H,(H,2,3). The van der Waals surface area contributed by atoms with Gasteiger partial charge in [-0.3, -0.25) is 9.78 Å². The SMILES string of the molecule is Cc1nc(CNC2CCC2)cnc1-c1noc(-c2ccc(CC(C)C)cc2)n1.O=CO. The van der Waals surface area contributed by atoms with Crippen molar-refractivity contribution in [2.24, 2.45) is 5.92 Å². The van der Waals surface area contributed by atoms with Crippen molar-refractivity contribution >= 4 is 6.47 Å². The third-order valence-corrected chi connectivity index (χ3v) is 5.16. The molecule has 0 unspecified atom stereocenters. The minimum Gasteiger partial charge on any atom is -0.483 e. The van der Waals surface area contributed by atoms with E-state index in [1.54, 1.807) is 6.20 Å². The predicted molar refractivity (Wildman–Crippen MR) is 117 cm³/mol. The molecule has 0 aliphatic heterocycles. The molecule has 2 N–H and O–H groups in total. The van der Waals surface area contributed by atoms with Crippen molar-refractivity contribution in [3.8, 4) is 23.0 Å². The van der Waals surface area contributed by atoms with E-state index in [-0.39, 0.29) is 6.47 Å². The Hall–Kier alpha value is -3.13. The molecule has 164 valence electrons. The molecule has 0 bridgehead atoms. The molecular weight excluding hydrogens is 394 g/mol. The van der Waals surface area contributed by atoms with E-state index in [9.17, 15) is 0 Å². The zero-order valence-electron chi connectivity index (χ0n) is 18.2.